The predicted molar refractivity (Wildman–Crippen MR) is 71.3 cm³/mol. The van der Waals surface area contributed by atoms with Crippen LogP contribution in [0.15, 0.2) is 54.6 Å². The fraction of sp³-hybridized carbons (Fsp3) is 0.200. The Labute approximate surface area is 112 Å². The standard InChI is InChI=1S/C15H15NO3/c1-2-3-5-10-14(17)16-13(11-19-15(16)18)12-8-6-4-7-9-12/h2-10,13H,11H2,1H3. The molecule has 0 saturated carbocycles. The minimum Gasteiger partial charge on any atom is -0.446 e. The van der Waals surface area contributed by atoms with Crippen LogP contribution < -0.4 is 0 Å². The fourth-order valence-electron chi connectivity index (χ4n) is 1.91. The first kappa shape index (κ1) is 13.1. The van der Waals surface area contributed by atoms with E-state index in [0.717, 1.165) is 10.5 Å². The summed E-state index contributed by atoms with van der Waals surface area (Å²) in [4.78, 5) is 24.8. The molecule has 4 nitrogen and oxygen atoms in total. The second kappa shape index (κ2) is 6.00. The number of amides is 2. The van der Waals surface area contributed by atoms with Gasteiger partial charge in [0, 0.05) is 6.08 Å². The van der Waals surface area contributed by atoms with Crippen molar-refractivity contribution >= 4 is 12.0 Å². The predicted octanol–water partition coefficient (Wildman–Crippen LogP) is 2.84. The Morgan fingerprint density at radius 2 is 2.05 bits per heavy atom. The number of hydrogen-bond acceptors (Lipinski definition) is 3. The van der Waals surface area contributed by atoms with Crippen LogP contribution in [0, 0.1) is 0 Å². The lowest BCUT2D eigenvalue weighted by molar-refractivity contribution is -0.124. The Morgan fingerprint density at radius 3 is 2.74 bits per heavy atom. The molecule has 1 fully saturated rings. The van der Waals surface area contributed by atoms with Crippen molar-refractivity contribution in [3.05, 3.63) is 60.2 Å². The number of allylic oxidation sites excluding steroid dienone is 3. The SMILES string of the molecule is CC=CC=CC(=O)N1C(=O)OCC1c1ccccc1. The zero-order valence-corrected chi connectivity index (χ0v) is 10.7. The van der Waals surface area contributed by atoms with Crippen molar-refractivity contribution < 1.29 is 14.3 Å². The summed E-state index contributed by atoms with van der Waals surface area (Å²) in [5, 5.41) is 0. The number of benzene rings is 1. The maximum Gasteiger partial charge on any atom is 0.417 e. The van der Waals surface area contributed by atoms with Gasteiger partial charge in [0.25, 0.3) is 5.91 Å². The lowest BCUT2D eigenvalue weighted by atomic mass is 10.1. The van der Waals surface area contributed by atoms with Crippen molar-refractivity contribution in [3.8, 4) is 0 Å². The molecule has 0 radical (unpaired) electrons. The van der Waals surface area contributed by atoms with Crippen LogP contribution >= 0.6 is 0 Å². The van der Waals surface area contributed by atoms with Crippen LogP contribution in [0.2, 0.25) is 0 Å². The molecule has 4 heteroatoms. The molecule has 19 heavy (non-hydrogen) atoms. The van der Waals surface area contributed by atoms with Crippen molar-refractivity contribution in [2.75, 3.05) is 6.61 Å². The third-order valence-corrected chi connectivity index (χ3v) is 2.84. The van der Waals surface area contributed by atoms with Crippen molar-refractivity contribution in [3.63, 3.8) is 0 Å². The topological polar surface area (TPSA) is 46.6 Å². The Balaban J connectivity index is 2.21. The van der Waals surface area contributed by atoms with Gasteiger partial charge in [-0.1, -0.05) is 48.6 Å². The lowest BCUT2D eigenvalue weighted by Crippen LogP contribution is -2.32. The maximum absolute atomic E-state index is 12.0. The summed E-state index contributed by atoms with van der Waals surface area (Å²) in [5.74, 6) is -0.366. The first-order chi connectivity index (χ1) is 9.24. The summed E-state index contributed by atoms with van der Waals surface area (Å²) in [6.45, 7) is 2.05. The molecule has 1 aliphatic rings. The van der Waals surface area contributed by atoms with Gasteiger partial charge >= 0.3 is 6.09 Å². The molecule has 2 rings (SSSR count). The van der Waals surface area contributed by atoms with E-state index in [9.17, 15) is 9.59 Å². The first-order valence-electron chi connectivity index (χ1n) is 6.08. The first-order valence-corrected chi connectivity index (χ1v) is 6.08. The smallest absolute Gasteiger partial charge is 0.417 e. The third-order valence-electron chi connectivity index (χ3n) is 2.84. The van der Waals surface area contributed by atoms with Crippen LogP contribution in [0.3, 0.4) is 0 Å². The quantitative estimate of drug-likeness (QED) is 0.618. The van der Waals surface area contributed by atoms with Crippen molar-refractivity contribution in [1.82, 2.24) is 4.90 Å². The van der Waals surface area contributed by atoms with Gasteiger partial charge in [0.2, 0.25) is 0 Å². The van der Waals surface area contributed by atoms with Gasteiger partial charge in [0.05, 0.1) is 0 Å². The van der Waals surface area contributed by atoms with E-state index in [1.165, 1.54) is 6.08 Å². The molecule has 0 bridgehead atoms. The molecule has 1 unspecified atom stereocenters. The zero-order chi connectivity index (χ0) is 13.7. The number of rotatable bonds is 3. The molecule has 0 aliphatic carbocycles. The van der Waals surface area contributed by atoms with E-state index in [4.69, 9.17) is 4.74 Å². The summed E-state index contributed by atoms with van der Waals surface area (Å²) in [5.41, 5.74) is 0.890. The van der Waals surface area contributed by atoms with E-state index in [2.05, 4.69) is 0 Å². The van der Waals surface area contributed by atoms with Crippen LogP contribution in [0.25, 0.3) is 0 Å². The molecule has 1 aromatic rings. The van der Waals surface area contributed by atoms with E-state index in [-0.39, 0.29) is 18.6 Å². The van der Waals surface area contributed by atoms with Crippen LogP contribution in [0.5, 0.6) is 0 Å². The second-order valence-electron chi connectivity index (χ2n) is 4.10. The van der Waals surface area contributed by atoms with Crippen molar-refractivity contribution in [2.45, 2.75) is 13.0 Å². The van der Waals surface area contributed by atoms with Crippen LogP contribution in [0.4, 0.5) is 4.79 Å². The van der Waals surface area contributed by atoms with Gasteiger partial charge in [0.1, 0.15) is 12.6 Å². The summed E-state index contributed by atoms with van der Waals surface area (Å²) in [6, 6.07) is 9.04. The summed E-state index contributed by atoms with van der Waals surface area (Å²) in [6.07, 6.45) is 5.92. The molecule has 2 amide bonds. The van der Waals surface area contributed by atoms with Gasteiger partial charge in [-0.25, -0.2) is 9.69 Å². The largest absolute Gasteiger partial charge is 0.446 e. The Morgan fingerprint density at radius 1 is 1.32 bits per heavy atom. The van der Waals surface area contributed by atoms with Crippen molar-refractivity contribution in [1.29, 1.82) is 0 Å². The molecule has 1 aliphatic heterocycles. The highest BCUT2D eigenvalue weighted by atomic mass is 16.6. The fourth-order valence-corrected chi connectivity index (χ4v) is 1.91. The average Bonchev–Trinajstić information content (AvgIpc) is 2.82. The van der Waals surface area contributed by atoms with Gasteiger partial charge in [0.15, 0.2) is 0 Å². The van der Waals surface area contributed by atoms with Gasteiger partial charge in [-0.2, -0.15) is 0 Å². The van der Waals surface area contributed by atoms with E-state index in [0.29, 0.717) is 0 Å². The van der Waals surface area contributed by atoms with Gasteiger partial charge in [-0.3, -0.25) is 4.79 Å². The van der Waals surface area contributed by atoms with Gasteiger partial charge < -0.3 is 4.74 Å². The van der Waals surface area contributed by atoms with Crippen LogP contribution in [-0.4, -0.2) is 23.5 Å². The number of carbonyl (C=O) groups is 2. The van der Waals surface area contributed by atoms with Gasteiger partial charge in [-0.05, 0) is 12.5 Å². The summed E-state index contributed by atoms with van der Waals surface area (Å²) < 4.78 is 4.97. The van der Waals surface area contributed by atoms with Crippen molar-refractivity contribution in [2.24, 2.45) is 0 Å². The highest BCUT2D eigenvalue weighted by molar-refractivity contribution is 6.00. The monoisotopic (exact) mass is 257 g/mol. The molecular weight excluding hydrogens is 242 g/mol. The normalized spacial score (nSPS) is 19.3. The van der Waals surface area contributed by atoms with E-state index in [1.54, 1.807) is 18.2 Å². The minimum atomic E-state index is -0.594. The highest BCUT2D eigenvalue weighted by Crippen LogP contribution is 2.27. The average molecular weight is 257 g/mol. The zero-order valence-electron chi connectivity index (χ0n) is 10.7. The van der Waals surface area contributed by atoms with Crippen LogP contribution in [-0.2, 0) is 9.53 Å². The second-order valence-corrected chi connectivity index (χ2v) is 4.10. The number of nitrogens with zero attached hydrogens (tertiary/aromatic N) is 1. The third kappa shape index (κ3) is 2.91. The number of hydrogen-bond donors (Lipinski definition) is 0. The van der Waals surface area contributed by atoms with E-state index < -0.39 is 6.09 Å². The molecule has 1 atom stereocenters. The van der Waals surface area contributed by atoms with Gasteiger partial charge in [-0.15, -0.1) is 0 Å². The number of ether oxygens (including phenoxy) is 1. The number of imide groups is 1. The molecule has 0 aromatic heterocycles. The molecule has 0 N–H and O–H groups in total. The highest BCUT2D eigenvalue weighted by Gasteiger charge is 2.37. The molecule has 1 aromatic carbocycles. The number of carbonyl (C=O) groups excluding carboxylic acids is 2. The Bertz CT molecular complexity index is 519. The summed E-state index contributed by atoms with van der Waals surface area (Å²) in [7, 11) is 0. The lowest BCUT2D eigenvalue weighted by Gasteiger charge is -2.18. The van der Waals surface area contributed by atoms with E-state index >= 15 is 0 Å². The summed E-state index contributed by atoms with van der Waals surface area (Å²) >= 11 is 0. The molecular formula is C15H15NO3. The number of cyclic esters (lactones) is 1. The Kier molecular flexibility index (Phi) is 4.13. The molecule has 0 spiro atoms. The van der Waals surface area contributed by atoms with E-state index in [1.807, 2.05) is 37.3 Å². The molecule has 1 saturated heterocycles. The molecule has 98 valence electrons. The Hall–Kier alpha value is -2.36. The minimum absolute atomic E-state index is 0.200. The maximum atomic E-state index is 12.0. The van der Waals surface area contributed by atoms with Crippen LogP contribution in [0.1, 0.15) is 18.5 Å². The molecule has 1 heterocycles.